The number of carbonyl (C=O) groups excluding carboxylic acids is 1. The first-order valence-corrected chi connectivity index (χ1v) is 7.83. The second-order valence-corrected chi connectivity index (χ2v) is 6.29. The van der Waals surface area contributed by atoms with Crippen LogP contribution in [0.2, 0.25) is 10.0 Å². The molecule has 0 saturated carbocycles. The number of nitrogens with one attached hydrogen (secondary N) is 1. The third kappa shape index (κ3) is 2.95. The fraction of sp³-hybridized carbons (Fsp3) is 0.286. The van der Waals surface area contributed by atoms with E-state index in [1.54, 1.807) is 12.1 Å². The molecule has 0 aliphatic carbocycles. The number of nitrogens with zero attached hydrogens (tertiary/aromatic N) is 1. The molecule has 1 aromatic carbocycles. The first-order chi connectivity index (χ1) is 9.58. The number of thioether (sulfide) groups is 1. The largest absolute Gasteiger partial charge is 0.320 e. The Morgan fingerprint density at radius 1 is 1.50 bits per heavy atom. The average Bonchev–Trinajstić information content (AvgIpc) is 2.42. The second kappa shape index (κ2) is 6.53. The standard InChI is InChI=1S/C14H12Cl2N2OS/c1-2-20-14-10(7-17)9(6-12(19)18-14)8-4-3-5-11(15)13(8)16/h3-5,9H,2,6H2,1H3,(H,18,19). The first-order valence-electron chi connectivity index (χ1n) is 6.09. The molecule has 20 heavy (non-hydrogen) atoms. The van der Waals surface area contributed by atoms with Crippen molar-refractivity contribution in [2.24, 2.45) is 0 Å². The molecule has 6 heteroatoms. The van der Waals surface area contributed by atoms with Crippen LogP contribution in [-0.4, -0.2) is 11.7 Å². The van der Waals surface area contributed by atoms with Crippen LogP contribution in [-0.2, 0) is 4.79 Å². The summed E-state index contributed by atoms with van der Waals surface area (Å²) in [6.07, 6.45) is 0.205. The molecule has 0 bridgehead atoms. The predicted octanol–water partition coefficient (Wildman–Crippen LogP) is 4.09. The number of halogens is 2. The van der Waals surface area contributed by atoms with Gasteiger partial charge in [0.15, 0.2) is 0 Å². The van der Waals surface area contributed by atoms with Crippen LogP contribution in [0.1, 0.15) is 24.8 Å². The fourth-order valence-corrected chi connectivity index (χ4v) is 3.39. The van der Waals surface area contributed by atoms with Crippen molar-refractivity contribution in [3.63, 3.8) is 0 Å². The van der Waals surface area contributed by atoms with E-state index in [-0.39, 0.29) is 18.2 Å². The Kier molecular flexibility index (Phi) is 4.98. The number of carbonyl (C=O) groups is 1. The van der Waals surface area contributed by atoms with Crippen molar-refractivity contribution in [1.82, 2.24) is 5.32 Å². The van der Waals surface area contributed by atoms with Gasteiger partial charge in [0.05, 0.1) is 26.7 Å². The van der Waals surface area contributed by atoms with Crippen molar-refractivity contribution < 1.29 is 4.79 Å². The predicted molar refractivity (Wildman–Crippen MR) is 82.7 cm³/mol. The molecule has 0 radical (unpaired) electrons. The molecule has 0 aromatic heterocycles. The minimum absolute atomic E-state index is 0.110. The molecular weight excluding hydrogens is 315 g/mol. The summed E-state index contributed by atoms with van der Waals surface area (Å²) in [4.78, 5) is 11.8. The SMILES string of the molecule is CCSC1=C(C#N)C(c2cccc(Cl)c2Cl)CC(=O)N1. The molecule has 1 heterocycles. The van der Waals surface area contributed by atoms with Gasteiger partial charge in [0.25, 0.3) is 0 Å². The Balaban J connectivity index is 2.53. The van der Waals surface area contributed by atoms with Crippen LogP contribution in [0.15, 0.2) is 28.8 Å². The van der Waals surface area contributed by atoms with Gasteiger partial charge in [-0.05, 0) is 17.4 Å². The van der Waals surface area contributed by atoms with E-state index >= 15 is 0 Å². The lowest BCUT2D eigenvalue weighted by Gasteiger charge is -2.25. The molecule has 0 fully saturated rings. The molecule has 1 aliphatic heterocycles. The van der Waals surface area contributed by atoms with E-state index in [9.17, 15) is 10.1 Å². The normalized spacial score (nSPS) is 18.7. The van der Waals surface area contributed by atoms with Gasteiger partial charge in [-0.25, -0.2) is 0 Å². The summed E-state index contributed by atoms with van der Waals surface area (Å²) in [7, 11) is 0. The lowest BCUT2D eigenvalue weighted by Crippen LogP contribution is -2.31. The summed E-state index contributed by atoms with van der Waals surface area (Å²) in [5, 5.41) is 13.6. The van der Waals surface area contributed by atoms with Crippen molar-refractivity contribution in [3.8, 4) is 6.07 Å². The minimum atomic E-state index is -0.339. The van der Waals surface area contributed by atoms with Gasteiger partial charge < -0.3 is 5.32 Å². The Hall–Kier alpha value is -1.15. The molecule has 1 amide bonds. The molecule has 1 aromatic rings. The van der Waals surface area contributed by atoms with Crippen molar-refractivity contribution in [2.45, 2.75) is 19.3 Å². The third-order valence-electron chi connectivity index (χ3n) is 3.00. The topological polar surface area (TPSA) is 52.9 Å². The summed E-state index contributed by atoms with van der Waals surface area (Å²) in [6.45, 7) is 1.97. The zero-order valence-corrected chi connectivity index (χ0v) is 13.1. The Morgan fingerprint density at radius 2 is 2.25 bits per heavy atom. The highest BCUT2D eigenvalue weighted by molar-refractivity contribution is 8.03. The van der Waals surface area contributed by atoms with Gasteiger partial charge >= 0.3 is 0 Å². The van der Waals surface area contributed by atoms with Gasteiger partial charge in [-0.2, -0.15) is 5.26 Å². The highest BCUT2D eigenvalue weighted by Gasteiger charge is 2.30. The van der Waals surface area contributed by atoms with Crippen LogP contribution in [0.5, 0.6) is 0 Å². The summed E-state index contributed by atoms with van der Waals surface area (Å²) in [5.74, 6) is 0.326. The van der Waals surface area contributed by atoms with E-state index in [1.165, 1.54) is 11.8 Å². The van der Waals surface area contributed by atoms with Crippen molar-refractivity contribution in [1.29, 1.82) is 5.26 Å². The van der Waals surface area contributed by atoms with Gasteiger partial charge in [0, 0.05) is 12.3 Å². The summed E-state index contributed by atoms with van der Waals surface area (Å²) >= 11 is 13.7. The molecule has 1 N–H and O–H groups in total. The van der Waals surface area contributed by atoms with Gasteiger partial charge in [-0.15, -0.1) is 11.8 Å². The monoisotopic (exact) mass is 326 g/mol. The molecular formula is C14H12Cl2N2OS. The average molecular weight is 327 g/mol. The number of rotatable bonds is 3. The maximum Gasteiger partial charge on any atom is 0.225 e. The number of allylic oxidation sites excluding steroid dienone is 1. The maximum atomic E-state index is 11.8. The third-order valence-corrected chi connectivity index (χ3v) is 4.73. The zero-order chi connectivity index (χ0) is 14.7. The number of nitriles is 1. The Bertz CT molecular complexity index is 622. The smallest absolute Gasteiger partial charge is 0.225 e. The lowest BCUT2D eigenvalue weighted by atomic mass is 9.87. The number of hydrogen-bond donors (Lipinski definition) is 1. The van der Waals surface area contributed by atoms with Crippen molar-refractivity contribution in [2.75, 3.05) is 5.75 Å². The van der Waals surface area contributed by atoms with E-state index in [0.29, 0.717) is 20.6 Å². The van der Waals surface area contributed by atoms with Gasteiger partial charge in [-0.1, -0.05) is 42.3 Å². The lowest BCUT2D eigenvalue weighted by molar-refractivity contribution is -0.120. The fourth-order valence-electron chi connectivity index (χ4n) is 2.13. The van der Waals surface area contributed by atoms with Gasteiger partial charge in [0.1, 0.15) is 0 Å². The molecule has 1 atom stereocenters. The Morgan fingerprint density at radius 3 is 2.90 bits per heavy atom. The molecule has 1 unspecified atom stereocenters. The first kappa shape index (κ1) is 15.2. The molecule has 2 rings (SSSR count). The van der Waals surface area contributed by atoms with E-state index in [2.05, 4.69) is 11.4 Å². The molecule has 104 valence electrons. The van der Waals surface area contributed by atoms with E-state index in [1.807, 2.05) is 13.0 Å². The number of hydrogen-bond acceptors (Lipinski definition) is 3. The number of amides is 1. The van der Waals surface area contributed by atoms with Crippen LogP contribution in [0.3, 0.4) is 0 Å². The quantitative estimate of drug-likeness (QED) is 0.910. The summed E-state index contributed by atoms with van der Waals surface area (Å²) in [6, 6.07) is 7.47. The highest BCUT2D eigenvalue weighted by Crippen LogP contribution is 2.40. The highest BCUT2D eigenvalue weighted by atomic mass is 35.5. The Labute approximate surface area is 131 Å². The maximum absolute atomic E-state index is 11.8. The summed E-state index contributed by atoms with van der Waals surface area (Å²) < 4.78 is 0. The second-order valence-electron chi connectivity index (χ2n) is 4.24. The van der Waals surface area contributed by atoms with Crippen LogP contribution < -0.4 is 5.32 Å². The van der Waals surface area contributed by atoms with Crippen LogP contribution in [0.25, 0.3) is 0 Å². The van der Waals surface area contributed by atoms with Crippen LogP contribution in [0, 0.1) is 11.3 Å². The molecule has 0 saturated heterocycles. The van der Waals surface area contributed by atoms with Gasteiger partial charge in [-0.3, -0.25) is 4.79 Å². The van der Waals surface area contributed by atoms with E-state index in [4.69, 9.17) is 23.2 Å². The van der Waals surface area contributed by atoms with E-state index < -0.39 is 0 Å². The van der Waals surface area contributed by atoms with Crippen LogP contribution in [0.4, 0.5) is 0 Å². The molecule has 0 spiro atoms. The van der Waals surface area contributed by atoms with Gasteiger partial charge in [0.2, 0.25) is 5.91 Å². The number of benzene rings is 1. The zero-order valence-electron chi connectivity index (χ0n) is 10.7. The summed E-state index contributed by atoms with van der Waals surface area (Å²) in [5.41, 5.74) is 1.26. The van der Waals surface area contributed by atoms with Crippen LogP contribution >= 0.6 is 35.0 Å². The van der Waals surface area contributed by atoms with E-state index in [0.717, 1.165) is 11.3 Å². The molecule has 3 nitrogen and oxygen atoms in total. The minimum Gasteiger partial charge on any atom is -0.320 e. The molecule has 1 aliphatic rings. The van der Waals surface area contributed by atoms with Crippen molar-refractivity contribution >= 4 is 40.9 Å². The van der Waals surface area contributed by atoms with Crippen molar-refractivity contribution in [3.05, 3.63) is 44.4 Å².